The standard InChI is InChI=1S/C23H19ClN6S/c1-15-5-4-12-29-13-18(26-21(15)29)14-31-23-28-27-22(17-8-10-25-11-9-17)30(23)20-7-3-6-19(24)16(20)2/h3-13H,14H2,1-2H3. The van der Waals surface area contributed by atoms with Crippen LogP contribution >= 0.6 is 23.4 Å². The predicted molar refractivity (Wildman–Crippen MR) is 124 cm³/mol. The van der Waals surface area contributed by atoms with Crippen LogP contribution in [0, 0.1) is 13.8 Å². The number of hydrogen-bond acceptors (Lipinski definition) is 5. The number of nitrogens with zero attached hydrogens (tertiary/aromatic N) is 6. The Bertz CT molecular complexity index is 1380. The number of benzene rings is 1. The number of hydrogen-bond donors (Lipinski definition) is 0. The second-order valence-corrected chi connectivity index (χ2v) is 8.55. The molecule has 5 rings (SSSR count). The molecule has 0 atom stereocenters. The summed E-state index contributed by atoms with van der Waals surface area (Å²) in [6, 6.07) is 13.8. The Morgan fingerprint density at radius 1 is 1.00 bits per heavy atom. The van der Waals surface area contributed by atoms with Gasteiger partial charge in [0.05, 0.1) is 11.4 Å². The molecule has 154 valence electrons. The van der Waals surface area contributed by atoms with Crippen LogP contribution < -0.4 is 0 Å². The molecule has 1 aromatic carbocycles. The number of fused-ring (bicyclic) bond motifs is 1. The maximum Gasteiger partial charge on any atom is 0.196 e. The number of thioether (sulfide) groups is 1. The Morgan fingerprint density at radius 2 is 1.84 bits per heavy atom. The number of imidazole rings is 1. The highest BCUT2D eigenvalue weighted by Gasteiger charge is 2.19. The Kier molecular flexibility index (Phi) is 5.21. The number of aryl methyl sites for hydroxylation is 1. The molecule has 0 bridgehead atoms. The monoisotopic (exact) mass is 446 g/mol. The van der Waals surface area contributed by atoms with Gasteiger partial charge in [-0.05, 0) is 55.3 Å². The maximum atomic E-state index is 6.43. The van der Waals surface area contributed by atoms with E-state index in [-0.39, 0.29) is 0 Å². The van der Waals surface area contributed by atoms with Crippen LogP contribution in [0.3, 0.4) is 0 Å². The molecule has 0 fully saturated rings. The van der Waals surface area contributed by atoms with Gasteiger partial charge in [0, 0.05) is 41.1 Å². The minimum Gasteiger partial charge on any atom is -0.307 e. The summed E-state index contributed by atoms with van der Waals surface area (Å²) in [6.45, 7) is 4.08. The fourth-order valence-electron chi connectivity index (χ4n) is 3.52. The van der Waals surface area contributed by atoms with Crippen LogP contribution in [-0.2, 0) is 5.75 Å². The summed E-state index contributed by atoms with van der Waals surface area (Å²) in [4.78, 5) is 8.90. The first-order valence-corrected chi connectivity index (χ1v) is 11.2. The zero-order valence-corrected chi connectivity index (χ0v) is 18.6. The summed E-state index contributed by atoms with van der Waals surface area (Å²) < 4.78 is 4.11. The summed E-state index contributed by atoms with van der Waals surface area (Å²) in [5.74, 6) is 1.43. The normalized spacial score (nSPS) is 11.3. The average Bonchev–Trinajstić information content (AvgIpc) is 3.40. The highest BCUT2D eigenvalue weighted by atomic mass is 35.5. The predicted octanol–water partition coefficient (Wildman–Crippen LogP) is 5.54. The lowest BCUT2D eigenvalue weighted by atomic mass is 10.2. The molecule has 0 saturated heterocycles. The van der Waals surface area contributed by atoms with Crippen molar-refractivity contribution >= 4 is 29.0 Å². The van der Waals surface area contributed by atoms with Crippen molar-refractivity contribution in [3.63, 3.8) is 0 Å². The maximum absolute atomic E-state index is 6.43. The smallest absolute Gasteiger partial charge is 0.196 e. The van der Waals surface area contributed by atoms with Crippen LogP contribution in [0.25, 0.3) is 22.7 Å². The van der Waals surface area contributed by atoms with Gasteiger partial charge >= 0.3 is 0 Å². The number of halogens is 1. The molecule has 0 unspecified atom stereocenters. The third-order valence-corrected chi connectivity index (χ3v) is 6.50. The molecule has 0 saturated carbocycles. The van der Waals surface area contributed by atoms with Gasteiger partial charge in [0.1, 0.15) is 5.65 Å². The minimum absolute atomic E-state index is 0.676. The van der Waals surface area contributed by atoms with Crippen molar-refractivity contribution in [2.45, 2.75) is 24.8 Å². The van der Waals surface area contributed by atoms with Gasteiger partial charge in [0.25, 0.3) is 0 Å². The molecule has 0 aliphatic heterocycles. The van der Waals surface area contributed by atoms with E-state index in [9.17, 15) is 0 Å². The molecule has 6 nitrogen and oxygen atoms in total. The lowest BCUT2D eigenvalue weighted by molar-refractivity contribution is 0.879. The van der Waals surface area contributed by atoms with E-state index in [1.54, 1.807) is 24.2 Å². The van der Waals surface area contributed by atoms with E-state index in [2.05, 4.69) is 43.3 Å². The fraction of sp³-hybridized carbons (Fsp3) is 0.130. The summed E-state index contributed by atoms with van der Waals surface area (Å²) in [5.41, 5.74) is 5.99. The lowest BCUT2D eigenvalue weighted by Gasteiger charge is -2.13. The van der Waals surface area contributed by atoms with Crippen molar-refractivity contribution in [3.05, 3.63) is 89.1 Å². The fourth-order valence-corrected chi connectivity index (χ4v) is 4.52. The van der Waals surface area contributed by atoms with Crippen LogP contribution in [0.15, 0.2) is 72.4 Å². The summed E-state index contributed by atoms with van der Waals surface area (Å²) in [6.07, 6.45) is 7.59. The van der Waals surface area contributed by atoms with Gasteiger partial charge in [-0.15, -0.1) is 10.2 Å². The zero-order valence-electron chi connectivity index (χ0n) is 17.0. The van der Waals surface area contributed by atoms with Crippen molar-refractivity contribution < 1.29 is 0 Å². The summed E-state index contributed by atoms with van der Waals surface area (Å²) in [7, 11) is 0. The van der Waals surface area contributed by atoms with Crippen molar-refractivity contribution in [1.29, 1.82) is 0 Å². The first-order chi connectivity index (χ1) is 15.1. The zero-order chi connectivity index (χ0) is 21.4. The third-order valence-electron chi connectivity index (χ3n) is 5.13. The number of aromatic nitrogens is 6. The van der Waals surface area contributed by atoms with Crippen LogP contribution in [-0.4, -0.2) is 29.1 Å². The largest absolute Gasteiger partial charge is 0.307 e. The van der Waals surface area contributed by atoms with Crippen molar-refractivity contribution in [2.24, 2.45) is 0 Å². The van der Waals surface area contributed by atoms with E-state index in [0.717, 1.165) is 44.7 Å². The van der Waals surface area contributed by atoms with E-state index in [0.29, 0.717) is 10.8 Å². The number of pyridine rings is 2. The second kappa shape index (κ2) is 8.17. The summed E-state index contributed by atoms with van der Waals surface area (Å²) >= 11 is 8.03. The lowest BCUT2D eigenvalue weighted by Crippen LogP contribution is -2.02. The average molecular weight is 447 g/mol. The number of rotatable bonds is 5. The van der Waals surface area contributed by atoms with E-state index in [4.69, 9.17) is 16.6 Å². The Hall–Kier alpha value is -3.16. The molecular weight excluding hydrogens is 428 g/mol. The molecule has 31 heavy (non-hydrogen) atoms. The van der Waals surface area contributed by atoms with Crippen LogP contribution in [0.5, 0.6) is 0 Å². The summed E-state index contributed by atoms with van der Waals surface area (Å²) in [5, 5.41) is 10.5. The molecule has 0 amide bonds. The third kappa shape index (κ3) is 3.71. The second-order valence-electron chi connectivity index (χ2n) is 7.20. The van der Waals surface area contributed by atoms with Gasteiger partial charge < -0.3 is 4.40 Å². The van der Waals surface area contributed by atoms with Gasteiger partial charge in [-0.25, -0.2) is 4.98 Å². The van der Waals surface area contributed by atoms with Crippen molar-refractivity contribution in [1.82, 2.24) is 29.1 Å². The SMILES string of the molecule is Cc1c(Cl)cccc1-n1c(SCc2cn3cccc(C)c3n2)nnc1-c1ccncc1. The molecule has 8 heteroatoms. The Balaban J connectivity index is 1.56. The Morgan fingerprint density at radius 3 is 2.65 bits per heavy atom. The molecule has 5 aromatic rings. The first-order valence-electron chi connectivity index (χ1n) is 9.79. The van der Waals surface area contributed by atoms with Gasteiger partial charge in [0.2, 0.25) is 0 Å². The van der Waals surface area contributed by atoms with Gasteiger partial charge in [-0.3, -0.25) is 9.55 Å². The Labute approximate surface area is 189 Å². The molecule has 4 aromatic heterocycles. The van der Waals surface area contributed by atoms with E-state index in [1.165, 1.54) is 0 Å². The molecule has 0 aliphatic carbocycles. The van der Waals surface area contributed by atoms with Crippen molar-refractivity contribution in [3.8, 4) is 17.1 Å². The molecule has 0 aliphatic rings. The van der Waals surface area contributed by atoms with E-state index >= 15 is 0 Å². The van der Waals surface area contributed by atoms with E-state index in [1.807, 2.05) is 49.5 Å². The molecule has 0 N–H and O–H groups in total. The van der Waals surface area contributed by atoms with Gasteiger partial charge in [-0.1, -0.05) is 35.5 Å². The molecule has 0 spiro atoms. The quantitative estimate of drug-likeness (QED) is 0.332. The van der Waals surface area contributed by atoms with Gasteiger partial charge in [0.15, 0.2) is 11.0 Å². The van der Waals surface area contributed by atoms with Crippen molar-refractivity contribution in [2.75, 3.05) is 0 Å². The topological polar surface area (TPSA) is 60.9 Å². The van der Waals surface area contributed by atoms with Crippen LogP contribution in [0.2, 0.25) is 5.02 Å². The molecule has 0 radical (unpaired) electrons. The minimum atomic E-state index is 0.676. The first kappa shape index (κ1) is 19.8. The van der Waals surface area contributed by atoms with Gasteiger partial charge in [-0.2, -0.15) is 0 Å². The van der Waals surface area contributed by atoms with Crippen LogP contribution in [0.4, 0.5) is 0 Å². The highest BCUT2D eigenvalue weighted by molar-refractivity contribution is 7.98. The molecular formula is C23H19ClN6S. The van der Waals surface area contributed by atoms with E-state index < -0.39 is 0 Å². The molecule has 4 heterocycles. The highest BCUT2D eigenvalue weighted by Crippen LogP contribution is 2.32. The van der Waals surface area contributed by atoms with Crippen LogP contribution in [0.1, 0.15) is 16.8 Å².